The van der Waals surface area contributed by atoms with E-state index in [1.807, 2.05) is 6.07 Å². The van der Waals surface area contributed by atoms with Crippen LogP contribution >= 0.6 is 0 Å². The number of hydrogen-bond acceptors (Lipinski definition) is 5. The molecule has 120 valence electrons. The quantitative estimate of drug-likeness (QED) is 0.382. The topological polar surface area (TPSA) is 79.2 Å². The van der Waals surface area contributed by atoms with Crippen LogP contribution < -0.4 is 5.32 Å². The summed E-state index contributed by atoms with van der Waals surface area (Å²) < 4.78 is 4.78. The molecule has 2 aromatic rings. The molecule has 0 radical (unpaired) electrons. The van der Waals surface area contributed by atoms with Gasteiger partial charge >= 0.3 is 5.97 Å². The Morgan fingerprint density at radius 1 is 1.12 bits per heavy atom. The van der Waals surface area contributed by atoms with Crippen molar-refractivity contribution in [1.82, 2.24) is 0 Å². The van der Waals surface area contributed by atoms with Crippen LogP contribution in [0.15, 0.2) is 66.4 Å². The van der Waals surface area contributed by atoms with Crippen LogP contribution in [-0.2, 0) is 9.53 Å². The lowest BCUT2D eigenvalue weighted by Gasteiger charge is -2.06. The van der Waals surface area contributed by atoms with Crippen molar-refractivity contribution in [2.24, 2.45) is 0 Å². The number of carbonyl (C=O) groups is 2. The molecule has 0 aromatic heterocycles. The monoisotopic (exact) mass is 320 g/mol. The van der Waals surface area contributed by atoms with E-state index >= 15 is 0 Å². The lowest BCUT2D eigenvalue weighted by molar-refractivity contribution is -0.138. The van der Waals surface area contributed by atoms with Gasteiger partial charge in [0.1, 0.15) is 6.07 Å². The zero-order valence-corrected chi connectivity index (χ0v) is 13.2. The van der Waals surface area contributed by atoms with Crippen molar-refractivity contribution >= 4 is 17.4 Å². The molecule has 0 amide bonds. The first kappa shape index (κ1) is 17.0. The number of ether oxygens (including phenoxy) is 1. The van der Waals surface area contributed by atoms with Crippen LogP contribution in [0, 0.1) is 11.3 Å². The molecule has 0 atom stereocenters. The maximum Gasteiger partial charge on any atom is 0.350 e. The molecule has 0 aliphatic heterocycles. The molecule has 2 rings (SSSR count). The van der Waals surface area contributed by atoms with Gasteiger partial charge in [0.25, 0.3) is 0 Å². The average Bonchev–Trinajstić information content (AvgIpc) is 2.63. The van der Waals surface area contributed by atoms with Gasteiger partial charge in [0.05, 0.1) is 6.61 Å². The number of esters is 1. The molecule has 0 aliphatic carbocycles. The summed E-state index contributed by atoms with van der Waals surface area (Å²) in [5.74, 6) is -0.793. The maximum atomic E-state index is 12.4. The second-order valence-corrected chi connectivity index (χ2v) is 4.81. The predicted octanol–water partition coefficient (Wildman–Crippen LogP) is 3.30. The third kappa shape index (κ3) is 4.31. The zero-order chi connectivity index (χ0) is 17.4. The molecule has 0 aliphatic rings. The van der Waals surface area contributed by atoms with Crippen LogP contribution in [0.1, 0.15) is 22.8 Å². The number of anilines is 1. The van der Waals surface area contributed by atoms with Gasteiger partial charge in [-0.1, -0.05) is 42.5 Å². The fourth-order valence-corrected chi connectivity index (χ4v) is 2.01. The molecule has 0 bridgehead atoms. The number of benzene rings is 2. The molecule has 0 spiro atoms. The van der Waals surface area contributed by atoms with Crippen molar-refractivity contribution in [3.63, 3.8) is 0 Å². The standard InChI is InChI=1S/C19H16N2O3/c1-2-24-19(23)16(12-20)13-21-17-10-6-9-15(11-17)18(22)14-7-4-3-5-8-14/h3-11,13,21H,2H2,1H3/b16-13-. The Kier molecular flexibility index (Phi) is 5.87. The number of ketones is 1. The Labute approximate surface area is 140 Å². The van der Waals surface area contributed by atoms with Crippen molar-refractivity contribution < 1.29 is 14.3 Å². The van der Waals surface area contributed by atoms with Gasteiger partial charge in [0.2, 0.25) is 0 Å². The van der Waals surface area contributed by atoms with Crippen molar-refractivity contribution in [3.05, 3.63) is 77.5 Å². The van der Waals surface area contributed by atoms with Crippen molar-refractivity contribution in [2.75, 3.05) is 11.9 Å². The second-order valence-electron chi connectivity index (χ2n) is 4.81. The van der Waals surface area contributed by atoms with E-state index in [-0.39, 0.29) is 18.0 Å². The Morgan fingerprint density at radius 3 is 2.50 bits per heavy atom. The molecular weight excluding hydrogens is 304 g/mol. The Bertz CT molecular complexity index is 805. The first-order valence-corrected chi connectivity index (χ1v) is 7.39. The minimum atomic E-state index is -0.691. The number of carbonyl (C=O) groups excluding carboxylic acids is 2. The van der Waals surface area contributed by atoms with Gasteiger partial charge in [-0.25, -0.2) is 4.79 Å². The van der Waals surface area contributed by atoms with Crippen LogP contribution in [0.3, 0.4) is 0 Å². The fourth-order valence-electron chi connectivity index (χ4n) is 2.01. The summed E-state index contributed by atoms with van der Waals surface area (Å²) in [7, 11) is 0. The molecule has 0 unspecified atom stereocenters. The van der Waals surface area contributed by atoms with Crippen LogP contribution in [0.25, 0.3) is 0 Å². The predicted molar refractivity (Wildman–Crippen MR) is 90.3 cm³/mol. The Morgan fingerprint density at radius 2 is 1.83 bits per heavy atom. The average molecular weight is 320 g/mol. The van der Waals surface area contributed by atoms with Crippen LogP contribution in [0.2, 0.25) is 0 Å². The minimum Gasteiger partial charge on any atom is -0.462 e. The molecule has 0 fully saturated rings. The number of hydrogen-bond donors (Lipinski definition) is 1. The van der Waals surface area contributed by atoms with Gasteiger partial charge in [-0.3, -0.25) is 4.79 Å². The second kappa shape index (κ2) is 8.30. The van der Waals surface area contributed by atoms with Crippen LogP contribution in [-0.4, -0.2) is 18.4 Å². The number of nitriles is 1. The lowest BCUT2D eigenvalue weighted by atomic mass is 10.0. The summed E-state index contributed by atoms with van der Waals surface area (Å²) in [6.45, 7) is 1.86. The van der Waals surface area contributed by atoms with Crippen LogP contribution in [0.4, 0.5) is 5.69 Å². The molecule has 24 heavy (non-hydrogen) atoms. The number of nitrogens with one attached hydrogen (secondary N) is 1. The normalized spacial score (nSPS) is 10.6. The van der Waals surface area contributed by atoms with Gasteiger partial charge in [-0.15, -0.1) is 0 Å². The van der Waals surface area contributed by atoms with E-state index in [2.05, 4.69) is 5.32 Å². The zero-order valence-electron chi connectivity index (χ0n) is 13.2. The summed E-state index contributed by atoms with van der Waals surface area (Å²) >= 11 is 0. The SMILES string of the molecule is CCOC(=O)/C(C#N)=C\Nc1cccc(C(=O)c2ccccc2)c1. The van der Waals surface area contributed by atoms with Crippen LogP contribution in [0.5, 0.6) is 0 Å². The minimum absolute atomic E-state index is 0.103. The molecular formula is C19H16N2O3. The van der Waals surface area contributed by atoms with E-state index in [4.69, 9.17) is 10.00 Å². The van der Waals surface area contributed by atoms with Gasteiger partial charge in [0.15, 0.2) is 11.4 Å². The highest BCUT2D eigenvalue weighted by atomic mass is 16.5. The summed E-state index contributed by atoms with van der Waals surface area (Å²) in [5, 5.41) is 11.8. The summed E-state index contributed by atoms with van der Waals surface area (Å²) in [4.78, 5) is 24.0. The first-order valence-electron chi connectivity index (χ1n) is 7.39. The lowest BCUT2D eigenvalue weighted by Crippen LogP contribution is -2.08. The third-order valence-electron chi connectivity index (χ3n) is 3.16. The van der Waals surface area contributed by atoms with E-state index in [0.717, 1.165) is 0 Å². The van der Waals surface area contributed by atoms with Crippen molar-refractivity contribution in [3.8, 4) is 6.07 Å². The summed E-state index contributed by atoms with van der Waals surface area (Å²) in [5.41, 5.74) is 1.55. The first-order chi connectivity index (χ1) is 11.7. The molecule has 1 N–H and O–H groups in total. The van der Waals surface area contributed by atoms with E-state index < -0.39 is 5.97 Å². The molecule has 2 aromatic carbocycles. The van der Waals surface area contributed by atoms with Crippen molar-refractivity contribution in [1.29, 1.82) is 5.26 Å². The summed E-state index contributed by atoms with van der Waals surface area (Å²) in [6.07, 6.45) is 1.27. The van der Waals surface area contributed by atoms with Gasteiger partial charge in [0, 0.05) is 23.0 Å². The van der Waals surface area contributed by atoms with E-state index in [9.17, 15) is 9.59 Å². The van der Waals surface area contributed by atoms with E-state index in [0.29, 0.717) is 16.8 Å². The molecule has 0 saturated heterocycles. The fraction of sp³-hybridized carbons (Fsp3) is 0.105. The smallest absolute Gasteiger partial charge is 0.350 e. The Hall–Kier alpha value is -3.39. The Balaban J connectivity index is 2.18. The van der Waals surface area contributed by atoms with Gasteiger partial charge in [-0.05, 0) is 19.1 Å². The highest BCUT2D eigenvalue weighted by molar-refractivity contribution is 6.09. The van der Waals surface area contributed by atoms with Crippen molar-refractivity contribution in [2.45, 2.75) is 6.92 Å². The van der Waals surface area contributed by atoms with E-state index in [1.165, 1.54) is 6.20 Å². The highest BCUT2D eigenvalue weighted by Crippen LogP contribution is 2.15. The number of rotatable bonds is 6. The highest BCUT2D eigenvalue weighted by Gasteiger charge is 2.11. The molecule has 5 heteroatoms. The third-order valence-corrected chi connectivity index (χ3v) is 3.16. The maximum absolute atomic E-state index is 12.4. The van der Waals surface area contributed by atoms with E-state index in [1.54, 1.807) is 61.5 Å². The number of nitrogens with zero attached hydrogens (tertiary/aromatic N) is 1. The van der Waals surface area contributed by atoms with Gasteiger partial charge in [-0.2, -0.15) is 5.26 Å². The molecule has 0 heterocycles. The molecule has 5 nitrogen and oxygen atoms in total. The van der Waals surface area contributed by atoms with Gasteiger partial charge < -0.3 is 10.1 Å². The summed E-state index contributed by atoms with van der Waals surface area (Å²) in [6, 6.07) is 17.5. The largest absolute Gasteiger partial charge is 0.462 e. The molecule has 0 saturated carbocycles.